The molecule has 0 aliphatic carbocycles. The molecule has 1 aliphatic heterocycles. The van der Waals surface area contributed by atoms with Crippen molar-refractivity contribution >= 4 is 5.95 Å². The normalized spacial score (nSPS) is 18.3. The fraction of sp³-hybridized carbons (Fsp3) is 0.556. The molecular weight excluding hydrogens is 182 g/mol. The molecule has 1 aromatic rings. The van der Waals surface area contributed by atoms with E-state index in [4.69, 9.17) is 10.5 Å². The molecule has 1 aliphatic rings. The maximum Gasteiger partial charge on any atom is 0.255 e. The van der Waals surface area contributed by atoms with E-state index < -0.39 is 0 Å². The molecule has 0 spiro atoms. The number of ether oxygens (including phenoxy) is 1. The van der Waals surface area contributed by atoms with Gasteiger partial charge in [0.25, 0.3) is 5.56 Å². The lowest BCUT2D eigenvalue weighted by atomic mass is 9.94. The minimum absolute atomic E-state index is 0.121. The Morgan fingerprint density at radius 1 is 1.50 bits per heavy atom. The zero-order valence-electron chi connectivity index (χ0n) is 7.82. The highest BCUT2D eigenvalue weighted by atomic mass is 16.5. The highest BCUT2D eigenvalue weighted by Gasteiger charge is 2.18. The van der Waals surface area contributed by atoms with Crippen molar-refractivity contribution in [2.45, 2.75) is 18.8 Å². The van der Waals surface area contributed by atoms with Crippen molar-refractivity contribution in [3.05, 3.63) is 22.1 Å². The number of anilines is 1. The zero-order valence-corrected chi connectivity index (χ0v) is 7.82. The molecular formula is C9H13N3O2. The van der Waals surface area contributed by atoms with Crippen LogP contribution < -0.4 is 11.3 Å². The van der Waals surface area contributed by atoms with Crippen LogP contribution in [-0.2, 0) is 4.74 Å². The quantitative estimate of drug-likeness (QED) is 0.672. The van der Waals surface area contributed by atoms with Crippen LogP contribution >= 0.6 is 0 Å². The summed E-state index contributed by atoms with van der Waals surface area (Å²) in [5.74, 6) is 0.436. The van der Waals surface area contributed by atoms with Crippen molar-refractivity contribution in [3.63, 3.8) is 0 Å². The molecule has 76 valence electrons. The maximum absolute atomic E-state index is 11.5. The van der Waals surface area contributed by atoms with Gasteiger partial charge in [-0.15, -0.1) is 0 Å². The number of aromatic nitrogens is 2. The van der Waals surface area contributed by atoms with Crippen LogP contribution in [0.4, 0.5) is 5.95 Å². The van der Waals surface area contributed by atoms with Crippen molar-refractivity contribution in [1.29, 1.82) is 0 Å². The Kier molecular flexibility index (Phi) is 2.49. The van der Waals surface area contributed by atoms with Crippen molar-refractivity contribution in [2.75, 3.05) is 18.9 Å². The van der Waals surface area contributed by atoms with Crippen LogP contribution in [0.25, 0.3) is 0 Å². The van der Waals surface area contributed by atoms with Crippen LogP contribution in [0.2, 0.25) is 0 Å². The van der Waals surface area contributed by atoms with Gasteiger partial charge in [-0.3, -0.25) is 9.78 Å². The van der Waals surface area contributed by atoms with Crippen molar-refractivity contribution in [1.82, 2.24) is 9.97 Å². The molecule has 0 atom stereocenters. The maximum atomic E-state index is 11.5. The Bertz CT molecular complexity index is 369. The summed E-state index contributed by atoms with van der Waals surface area (Å²) in [6.07, 6.45) is 3.34. The highest BCUT2D eigenvalue weighted by Crippen LogP contribution is 2.23. The van der Waals surface area contributed by atoms with Gasteiger partial charge in [0.15, 0.2) is 5.95 Å². The summed E-state index contributed by atoms with van der Waals surface area (Å²) in [7, 11) is 0. The molecule has 0 radical (unpaired) electrons. The summed E-state index contributed by atoms with van der Waals surface area (Å²) in [4.78, 5) is 17.9. The number of nitrogens with two attached hydrogens (primary N) is 1. The van der Waals surface area contributed by atoms with E-state index in [1.807, 2.05) is 0 Å². The van der Waals surface area contributed by atoms with Gasteiger partial charge in [-0.05, 0) is 18.8 Å². The van der Waals surface area contributed by atoms with E-state index in [1.165, 1.54) is 0 Å². The molecule has 14 heavy (non-hydrogen) atoms. The van der Waals surface area contributed by atoms with Crippen LogP contribution in [0, 0.1) is 0 Å². The van der Waals surface area contributed by atoms with Gasteiger partial charge in [-0.25, -0.2) is 4.98 Å². The lowest BCUT2D eigenvalue weighted by Crippen LogP contribution is -2.23. The van der Waals surface area contributed by atoms with Gasteiger partial charge < -0.3 is 10.5 Å². The monoisotopic (exact) mass is 195 g/mol. The molecule has 5 heteroatoms. The fourth-order valence-corrected chi connectivity index (χ4v) is 1.72. The van der Waals surface area contributed by atoms with Gasteiger partial charge in [0.05, 0.1) is 0 Å². The predicted octanol–water partition coefficient (Wildman–Crippen LogP) is 0.246. The van der Waals surface area contributed by atoms with Crippen molar-refractivity contribution in [2.24, 2.45) is 0 Å². The lowest BCUT2D eigenvalue weighted by molar-refractivity contribution is 0.0850. The molecule has 0 bridgehead atoms. The Balaban J connectivity index is 2.26. The van der Waals surface area contributed by atoms with Crippen LogP contribution in [0.1, 0.15) is 24.3 Å². The average molecular weight is 195 g/mol. The number of hydrogen-bond donors (Lipinski definition) is 2. The summed E-state index contributed by atoms with van der Waals surface area (Å²) in [6.45, 7) is 1.43. The molecule has 2 rings (SSSR count). The molecule has 0 aromatic carbocycles. The van der Waals surface area contributed by atoms with Gasteiger partial charge in [0, 0.05) is 25.0 Å². The summed E-state index contributed by atoms with van der Waals surface area (Å²) < 4.78 is 5.23. The summed E-state index contributed by atoms with van der Waals surface area (Å²) in [5.41, 5.74) is 5.97. The molecule has 0 saturated carbocycles. The Hall–Kier alpha value is -1.36. The molecule has 5 nitrogen and oxygen atoms in total. The minimum atomic E-state index is -0.121. The van der Waals surface area contributed by atoms with E-state index in [1.54, 1.807) is 6.20 Å². The molecule has 1 fully saturated rings. The van der Waals surface area contributed by atoms with E-state index >= 15 is 0 Å². The number of aromatic amines is 1. The standard InChI is InChI=1S/C9H13N3O2/c10-9-11-5-7(8(13)12-9)6-1-3-14-4-2-6/h5-6H,1-4H2,(H3,10,11,12,13). The first kappa shape index (κ1) is 9.21. The number of nitrogens with one attached hydrogen (secondary N) is 1. The highest BCUT2D eigenvalue weighted by molar-refractivity contribution is 5.20. The third-order valence-corrected chi connectivity index (χ3v) is 2.51. The van der Waals surface area contributed by atoms with Crippen LogP contribution in [0.15, 0.2) is 11.0 Å². The number of H-pyrrole nitrogens is 1. The first-order valence-electron chi connectivity index (χ1n) is 4.70. The second kappa shape index (κ2) is 3.79. The molecule has 0 amide bonds. The van der Waals surface area contributed by atoms with Gasteiger partial charge in [-0.1, -0.05) is 0 Å². The minimum Gasteiger partial charge on any atom is -0.381 e. The number of nitrogen functional groups attached to an aromatic ring is 1. The number of rotatable bonds is 1. The van der Waals surface area contributed by atoms with Crippen LogP contribution in [0.3, 0.4) is 0 Å². The first-order chi connectivity index (χ1) is 6.77. The van der Waals surface area contributed by atoms with Crippen molar-refractivity contribution in [3.8, 4) is 0 Å². The van der Waals surface area contributed by atoms with Crippen LogP contribution in [0.5, 0.6) is 0 Å². The third kappa shape index (κ3) is 1.77. The largest absolute Gasteiger partial charge is 0.381 e. The number of hydrogen-bond acceptors (Lipinski definition) is 4. The zero-order chi connectivity index (χ0) is 9.97. The average Bonchev–Trinajstić information content (AvgIpc) is 2.19. The van der Waals surface area contributed by atoms with E-state index in [9.17, 15) is 4.79 Å². The summed E-state index contributed by atoms with van der Waals surface area (Å²) in [5, 5.41) is 0. The van der Waals surface area contributed by atoms with E-state index in [-0.39, 0.29) is 17.4 Å². The third-order valence-electron chi connectivity index (χ3n) is 2.51. The smallest absolute Gasteiger partial charge is 0.255 e. The van der Waals surface area contributed by atoms with E-state index in [0.29, 0.717) is 13.2 Å². The van der Waals surface area contributed by atoms with Gasteiger partial charge in [-0.2, -0.15) is 0 Å². The Labute approximate surface area is 81.3 Å². The van der Waals surface area contributed by atoms with E-state index in [0.717, 1.165) is 18.4 Å². The second-order valence-electron chi connectivity index (χ2n) is 3.44. The van der Waals surface area contributed by atoms with Gasteiger partial charge >= 0.3 is 0 Å². The van der Waals surface area contributed by atoms with Gasteiger partial charge in [0.2, 0.25) is 0 Å². The molecule has 0 unspecified atom stereocenters. The summed E-state index contributed by atoms with van der Waals surface area (Å²) >= 11 is 0. The lowest BCUT2D eigenvalue weighted by Gasteiger charge is -2.21. The van der Waals surface area contributed by atoms with Crippen LogP contribution in [-0.4, -0.2) is 23.2 Å². The second-order valence-corrected chi connectivity index (χ2v) is 3.44. The molecule has 3 N–H and O–H groups in total. The van der Waals surface area contributed by atoms with Crippen molar-refractivity contribution < 1.29 is 4.74 Å². The Morgan fingerprint density at radius 3 is 2.86 bits per heavy atom. The topological polar surface area (TPSA) is 81.0 Å². The van der Waals surface area contributed by atoms with Gasteiger partial charge in [0.1, 0.15) is 0 Å². The molecule has 1 aromatic heterocycles. The fourth-order valence-electron chi connectivity index (χ4n) is 1.72. The van der Waals surface area contributed by atoms with E-state index in [2.05, 4.69) is 9.97 Å². The first-order valence-corrected chi connectivity index (χ1v) is 4.70. The Morgan fingerprint density at radius 2 is 2.21 bits per heavy atom. The predicted molar refractivity (Wildman–Crippen MR) is 52.1 cm³/mol. The molecule has 1 saturated heterocycles. The number of nitrogens with zero attached hydrogens (tertiary/aromatic N) is 1. The SMILES string of the molecule is Nc1ncc(C2CCOCC2)c(=O)[nH]1. The molecule has 2 heterocycles. The summed E-state index contributed by atoms with van der Waals surface area (Å²) in [6, 6.07) is 0.